The summed E-state index contributed by atoms with van der Waals surface area (Å²) in [5.41, 5.74) is 5.84. The van der Waals surface area contributed by atoms with Crippen molar-refractivity contribution in [2.75, 3.05) is 0 Å². The Balaban J connectivity index is 1.75. The van der Waals surface area contributed by atoms with Crippen LogP contribution in [0.1, 0.15) is 69.3 Å². The number of carboxylic acid groups (broad SMARTS) is 2. The first-order valence-corrected chi connectivity index (χ1v) is 13.5. The smallest absolute Gasteiger partial charge is 0.335 e. The first kappa shape index (κ1) is 28.3. The van der Waals surface area contributed by atoms with Gasteiger partial charge in [0.05, 0.1) is 33.9 Å². The largest absolute Gasteiger partial charge is 0.478 e. The number of allylic oxidation sites excluding steroid dienone is 5. The summed E-state index contributed by atoms with van der Waals surface area (Å²) in [6.07, 6.45) is 12.3. The average Bonchev–Trinajstić information content (AvgIpc) is 3.38. The second-order valence-corrected chi connectivity index (χ2v) is 10.2. The van der Waals surface area contributed by atoms with E-state index in [9.17, 15) is 19.8 Å². The number of rotatable bonds is 9. The van der Waals surface area contributed by atoms with E-state index < -0.39 is 11.9 Å². The molecule has 0 aliphatic heterocycles. The molecule has 0 aliphatic carbocycles. The fourth-order valence-corrected chi connectivity index (χ4v) is 5.31. The molecule has 0 fully saturated rings. The van der Waals surface area contributed by atoms with Gasteiger partial charge >= 0.3 is 11.9 Å². The molecule has 0 aliphatic rings. The number of aryl methyl sites for hydroxylation is 1. The van der Waals surface area contributed by atoms with Crippen molar-refractivity contribution in [3.05, 3.63) is 105 Å². The summed E-state index contributed by atoms with van der Waals surface area (Å²) in [5.74, 6) is -2.24. The molecule has 202 valence electrons. The van der Waals surface area contributed by atoms with Crippen molar-refractivity contribution in [1.29, 1.82) is 0 Å². The number of pyridine rings is 3. The molecule has 0 atom stereocenters. The predicted octanol–water partition coefficient (Wildman–Crippen LogP) is 7.77. The number of carboxylic acids is 2. The summed E-state index contributed by atoms with van der Waals surface area (Å²) in [6, 6.07) is 11.6. The third kappa shape index (κ3) is 6.47. The molecule has 4 heterocycles. The summed E-state index contributed by atoms with van der Waals surface area (Å²) in [5, 5.41) is 19.1. The van der Waals surface area contributed by atoms with Crippen molar-refractivity contribution in [2.45, 2.75) is 34.1 Å². The first-order valence-electron chi connectivity index (χ1n) is 12.7. The third-order valence-electron chi connectivity index (χ3n) is 6.32. The minimum absolute atomic E-state index is 0.00189. The van der Waals surface area contributed by atoms with Crippen LogP contribution in [0.4, 0.5) is 0 Å². The topological polar surface area (TPSA) is 113 Å². The molecule has 2 N–H and O–H groups in total. The Morgan fingerprint density at radius 3 is 1.98 bits per heavy atom. The van der Waals surface area contributed by atoms with Crippen LogP contribution in [0.2, 0.25) is 0 Å². The van der Waals surface area contributed by atoms with Crippen LogP contribution in [0.15, 0.2) is 73.1 Å². The lowest BCUT2D eigenvalue weighted by molar-refractivity contribution is 0.0686. The molecule has 0 unspecified atom stereocenters. The number of hydrogen-bond acceptors (Lipinski definition) is 6. The average molecular weight is 552 g/mol. The zero-order valence-electron chi connectivity index (χ0n) is 22.7. The van der Waals surface area contributed by atoms with E-state index in [-0.39, 0.29) is 22.5 Å². The Bertz CT molecular complexity index is 1680. The molecule has 0 spiro atoms. The molecule has 4 rings (SSSR count). The van der Waals surface area contributed by atoms with Crippen LogP contribution >= 0.6 is 11.3 Å². The third-order valence-corrected chi connectivity index (χ3v) is 7.58. The monoisotopic (exact) mass is 551 g/mol. The highest BCUT2D eigenvalue weighted by molar-refractivity contribution is 7.14. The minimum atomic E-state index is -1.13. The molecule has 4 aromatic heterocycles. The quantitative estimate of drug-likeness (QED) is 0.204. The molecule has 0 saturated heterocycles. The van der Waals surface area contributed by atoms with Gasteiger partial charge in [-0.1, -0.05) is 25.2 Å². The van der Waals surface area contributed by atoms with Crippen LogP contribution in [0.25, 0.3) is 40.0 Å². The Labute approximate surface area is 236 Å². The maximum Gasteiger partial charge on any atom is 0.335 e. The SMILES string of the molecule is C/C=C\C=C(/C)c1cc(CC)c(/C=C(\C)c2ccnc(-c3cc(C(=O)O)cc(-c4cc(C(=O)O)ccn4)n3)c2)s1. The summed E-state index contributed by atoms with van der Waals surface area (Å²) in [4.78, 5) is 39.0. The number of hydrogen-bond donors (Lipinski definition) is 2. The van der Waals surface area contributed by atoms with Gasteiger partial charge in [-0.05, 0) is 98.0 Å². The maximum atomic E-state index is 11.9. The number of aromatic nitrogens is 3. The molecule has 0 aromatic carbocycles. The van der Waals surface area contributed by atoms with Crippen LogP contribution in [0.3, 0.4) is 0 Å². The number of nitrogens with zero attached hydrogens (tertiary/aromatic N) is 3. The van der Waals surface area contributed by atoms with Gasteiger partial charge in [0.1, 0.15) is 0 Å². The molecule has 8 heteroatoms. The van der Waals surface area contributed by atoms with E-state index in [2.05, 4.69) is 47.0 Å². The Hall–Kier alpha value is -4.69. The van der Waals surface area contributed by atoms with Crippen molar-refractivity contribution in [1.82, 2.24) is 15.0 Å². The normalized spacial score (nSPS) is 12.2. The number of aromatic carboxylic acids is 2. The van der Waals surface area contributed by atoms with Gasteiger partial charge in [-0.2, -0.15) is 0 Å². The highest BCUT2D eigenvalue weighted by atomic mass is 32.1. The van der Waals surface area contributed by atoms with E-state index in [1.54, 1.807) is 17.5 Å². The summed E-state index contributed by atoms with van der Waals surface area (Å²) < 4.78 is 0. The second-order valence-electron chi connectivity index (χ2n) is 9.15. The van der Waals surface area contributed by atoms with Gasteiger partial charge in [-0.15, -0.1) is 11.3 Å². The molecular formula is C32H29N3O4S. The Kier molecular flexibility index (Phi) is 8.81. The van der Waals surface area contributed by atoms with Gasteiger partial charge in [0.15, 0.2) is 0 Å². The van der Waals surface area contributed by atoms with Crippen molar-refractivity contribution in [3.63, 3.8) is 0 Å². The van der Waals surface area contributed by atoms with E-state index in [0.29, 0.717) is 11.4 Å². The molecule has 40 heavy (non-hydrogen) atoms. The van der Waals surface area contributed by atoms with E-state index in [1.807, 2.05) is 38.1 Å². The maximum absolute atomic E-state index is 11.9. The fourth-order valence-electron chi connectivity index (χ4n) is 4.07. The molecule has 0 amide bonds. The van der Waals surface area contributed by atoms with Gasteiger partial charge in [-0.25, -0.2) is 14.6 Å². The highest BCUT2D eigenvalue weighted by Crippen LogP contribution is 2.33. The highest BCUT2D eigenvalue weighted by Gasteiger charge is 2.15. The van der Waals surface area contributed by atoms with Crippen LogP contribution in [0.5, 0.6) is 0 Å². The lowest BCUT2D eigenvalue weighted by atomic mass is 10.0. The van der Waals surface area contributed by atoms with Crippen LogP contribution in [-0.4, -0.2) is 37.1 Å². The molecule has 0 bridgehead atoms. The van der Waals surface area contributed by atoms with Gasteiger partial charge < -0.3 is 10.2 Å². The van der Waals surface area contributed by atoms with E-state index in [4.69, 9.17) is 0 Å². The van der Waals surface area contributed by atoms with E-state index in [1.165, 1.54) is 51.4 Å². The second kappa shape index (κ2) is 12.4. The lowest BCUT2D eigenvalue weighted by Crippen LogP contribution is -2.02. The summed E-state index contributed by atoms with van der Waals surface area (Å²) >= 11 is 1.75. The molecule has 4 aromatic rings. The lowest BCUT2D eigenvalue weighted by Gasteiger charge is -2.09. The van der Waals surface area contributed by atoms with Crippen molar-refractivity contribution in [3.8, 4) is 22.8 Å². The minimum Gasteiger partial charge on any atom is -0.478 e. The fraction of sp³-hybridized carbons (Fsp3) is 0.156. The van der Waals surface area contributed by atoms with Gasteiger partial charge in [0.2, 0.25) is 0 Å². The first-order chi connectivity index (χ1) is 19.2. The standard InChI is InChI=1S/C32H29N3O4S/c1-5-7-8-19(3)29-18-21(6-2)30(40-29)13-20(4)22-9-11-33-25(14-22)27-16-24(32(38)39)17-28(35-27)26-15-23(31(36)37)10-12-34-26/h5,7-18H,6H2,1-4H3,(H,36,37)(H,38,39)/b7-5-,19-8+,20-13+. The Morgan fingerprint density at radius 1 is 0.825 bits per heavy atom. The van der Waals surface area contributed by atoms with Crippen LogP contribution < -0.4 is 0 Å². The molecule has 7 nitrogen and oxygen atoms in total. The van der Waals surface area contributed by atoms with Gasteiger partial charge in [-0.3, -0.25) is 9.97 Å². The van der Waals surface area contributed by atoms with Crippen molar-refractivity contribution >= 4 is 40.5 Å². The zero-order chi connectivity index (χ0) is 28.8. The van der Waals surface area contributed by atoms with E-state index in [0.717, 1.165) is 17.6 Å². The van der Waals surface area contributed by atoms with Crippen LogP contribution in [0, 0.1) is 0 Å². The van der Waals surface area contributed by atoms with E-state index >= 15 is 0 Å². The van der Waals surface area contributed by atoms with Gasteiger partial charge in [0, 0.05) is 22.1 Å². The number of thiophene rings is 1. The molecule has 0 saturated carbocycles. The molecular weight excluding hydrogens is 522 g/mol. The predicted molar refractivity (Wildman–Crippen MR) is 160 cm³/mol. The summed E-state index contributed by atoms with van der Waals surface area (Å²) in [6.45, 7) is 8.29. The zero-order valence-corrected chi connectivity index (χ0v) is 23.5. The van der Waals surface area contributed by atoms with Crippen molar-refractivity contribution < 1.29 is 19.8 Å². The Morgan fingerprint density at radius 2 is 1.40 bits per heavy atom. The summed E-state index contributed by atoms with van der Waals surface area (Å²) in [7, 11) is 0. The van der Waals surface area contributed by atoms with Crippen LogP contribution in [-0.2, 0) is 6.42 Å². The molecule has 0 radical (unpaired) electrons. The number of carbonyl (C=O) groups is 2. The van der Waals surface area contributed by atoms with Gasteiger partial charge in [0.25, 0.3) is 0 Å². The van der Waals surface area contributed by atoms with Crippen molar-refractivity contribution in [2.24, 2.45) is 0 Å².